The lowest BCUT2D eigenvalue weighted by molar-refractivity contribution is -0.123. The smallest absolute Gasteiger partial charge is 0.360 e. The van der Waals surface area contributed by atoms with Gasteiger partial charge < -0.3 is 10.1 Å². The van der Waals surface area contributed by atoms with Gasteiger partial charge in [0, 0.05) is 17.5 Å². The third kappa shape index (κ3) is 3.71. The molecule has 9 heteroatoms. The summed E-state index contributed by atoms with van der Waals surface area (Å²) >= 11 is 0. The Hall–Kier alpha value is -3.49. The van der Waals surface area contributed by atoms with Crippen molar-refractivity contribution in [1.82, 2.24) is 20.0 Å². The summed E-state index contributed by atoms with van der Waals surface area (Å²) in [6.45, 7) is 5.31. The molecule has 1 atom stereocenters. The molecular formula is C18H19N5O4. The van der Waals surface area contributed by atoms with Gasteiger partial charge in [-0.2, -0.15) is 10.2 Å². The fourth-order valence-corrected chi connectivity index (χ4v) is 2.59. The van der Waals surface area contributed by atoms with E-state index in [4.69, 9.17) is 4.74 Å². The first kappa shape index (κ1) is 18.3. The lowest BCUT2D eigenvalue weighted by Crippen LogP contribution is -2.31. The maximum absolute atomic E-state index is 12.5. The van der Waals surface area contributed by atoms with Crippen LogP contribution in [0, 0.1) is 0 Å². The van der Waals surface area contributed by atoms with E-state index >= 15 is 0 Å². The van der Waals surface area contributed by atoms with Crippen LogP contribution in [0.4, 0.5) is 5.82 Å². The van der Waals surface area contributed by atoms with Gasteiger partial charge >= 0.3 is 5.97 Å². The Balaban J connectivity index is 1.76. The number of rotatable bonds is 5. The van der Waals surface area contributed by atoms with Crippen molar-refractivity contribution in [2.45, 2.75) is 32.9 Å². The number of aromatic amines is 1. The molecule has 2 heterocycles. The van der Waals surface area contributed by atoms with E-state index in [1.807, 2.05) is 13.8 Å². The number of hydrogen-bond donors (Lipinski definition) is 2. The molecule has 2 N–H and O–H groups in total. The van der Waals surface area contributed by atoms with Gasteiger partial charge in [0.15, 0.2) is 11.8 Å². The molecule has 140 valence electrons. The maximum atomic E-state index is 12.5. The van der Waals surface area contributed by atoms with Gasteiger partial charge in [-0.25, -0.2) is 14.6 Å². The molecule has 0 radical (unpaired) electrons. The van der Waals surface area contributed by atoms with Crippen LogP contribution >= 0.6 is 0 Å². The summed E-state index contributed by atoms with van der Waals surface area (Å²) in [5.74, 6) is -0.799. The zero-order valence-corrected chi connectivity index (χ0v) is 15.1. The largest absolute Gasteiger partial charge is 0.448 e. The number of fused-ring (bicyclic) bond motifs is 1. The first-order chi connectivity index (χ1) is 12.9. The predicted molar refractivity (Wildman–Crippen MR) is 98.5 cm³/mol. The third-order valence-electron chi connectivity index (χ3n) is 3.95. The van der Waals surface area contributed by atoms with Gasteiger partial charge in [0.1, 0.15) is 5.82 Å². The van der Waals surface area contributed by atoms with E-state index in [9.17, 15) is 14.4 Å². The number of hydrogen-bond acceptors (Lipinski definition) is 6. The van der Waals surface area contributed by atoms with Crippen LogP contribution in [-0.2, 0) is 9.53 Å². The summed E-state index contributed by atoms with van der Waals surface area (Å²) < 4.78 is 6.87. The quantitative estimate of drug-likeness (QED) is 0.663. The summed E-state index contributed by atoms with van der Waals surface area (Å²) in [5, 5.41) is 13.5. The van der Waals surface area contributed by atoms with Crippen molar-refractivity contribution in [3.63, 3.8) is 0 Å². The fraction of sp³-hybridized carbons (Fsp3) is 0.278. The molecule has 0 fully saturated rings. The number of aromatic nitrogens is 4. The minimum absolute atomic E-state index is 0.0583. The molecule has 9 nitrogen and oxygen atoms in total. The molecule has 0 bridgehead atoms. The average Bonchev–Trinajstić information content (AvgIpc) is 3.10. The molecule has 0 saturated heterocycles. The fourth-order valence-electron chi connectivity index (χ4n) is 2.59. The van der Waals surface area contributed by atoms with Crippen molar-refractivity contribution in [3.8, 4) is 0 Å². The zero-order valence-electron chi connectivity index (χ0n) is 15.1. The van der Waals surface area contributed by atoms with Gasteiger partial charge in [0.2, 0.25) is 0 Å². The second kappa shape index (κ2) is 7.40. The van der Waals surface area contributed by atoms with Crippen LogP contribution in [0.15, 0.2) is 41.3 Å². The van der Waals surface area contributed by atoms with Crippen LogP contribution in [-0.4, -0.2) is 38.0 Å². The summed E-state index contributed by atoms with van der Waals surface area (Å²) in [6.07, 6.45) is 0.503. The number of ether oxygens (including phenoxy) is 1. The monoisotopic (exact) mass is 369 g/mol. The lowest BCUT2D eigenvalue weighted by atomic mass is 10.1. The minimum atomic E-state index is -1.07. The number of H-pyrrole nitrogens is 1. The number of nitrogens with one attached hydrogen (secondary N) is 2. The van der Waals surface area contributed by atoms with E-state index in [2.05, 4.69) is 20.6 Å². The lowest BCUT2D eigenvalue weighted by Gasteiger charge is -2.15. The minimum Gasteiger partial charge on any atom is -0.448 e. The van der Waals surface area contributed by atoms with Crippen molar-refractivity contribution >= 4 is 28.5 Å². The molecular weight excluding hydrogens is 350 g/mol. The predicted octanol–water partition coefficient (Wildman–Crippen LogP) is 1.88. The molecule has 0 spiro atoms. The number of carbonyl (C=O) groups excluding carboxylic acids is 2. The SMILES string of the molecule is CC(C)n1nccc1NC(=O)[C@@H](C)OC(=O)c1n[nH]c(=O)c2ccccc12. The van der Waals surface area contributed by atoms with E-state index < -0.39 is 23.5 Å². The summed E-state index contributed by atoms with van der Waals surface area (Å²) in [5.41, 5.74) is -0.466. The third-order valence-corrected chi connectivity index (χ3v) is 3.95. The van der Waals surface area contributed by atoms with Crippen LogP contribution in [0.1, 0.15) is 37.3 Å². The molecule has 27 heavy (non-hydrogen) atoms. The van der Waals surface area contributed by atoms with E-state index in [1.165, 1.54) is 6.92 Å². The first-order valence-corrected chi connectivity index (χ1v) is 8.41. The molecule has 2 aromatic heterocycles. The van der Waals surface area contributed by atoms with Crippen molar-refractivity contribution < 1.29 is 14.3 Å². The van der Waals surface area contributed by atoms with Crippen molar-refractivity contribution in [2.75, 3.05) is 5.32 Å². The Bertz CT molecular complexity index is 1050. The molecule has 0 saturated carbocycles. The molecule has 0 aliphatic rings. The number of benzene rings is 1. The number of nitrogens with zero attached hydrogens (tertiary/aromatic N) is 3. The highest BCUT2D eigenvalue weighted by Gasteiger charge is 2.23. The Morgan fingerprint density at radius 3 is 2.56 bits per heavy atom. The normalized spacial score (nSPS) is 12.1. The second-order valence-corrected chi connectivity index (χ2v) is 6.24. The van der Waals surface area contributed by atoms with E-state index in [1.54, 1.807) is 41.2 Å². The van der Waals surface area contributed by atoms with Crippen LogP contribution in [0.5, 0.6) is 0 Å². The topological polar surface area (TPSA) is 119 Å². The Labute approximate surface area is 154 Å². The highest BCUT2D eigenvalue weighted by molar-refractivity contribution is 6.03. The van der Waals surface area contributed by atoms with Crippen LogP contribution in [0.2, 0.25) is 0 Å². The molecule has 0 aliphatic heterocycles. The summed E-state index contributed by atoms with van der Waals surface area (Å²) in [4.78, 5) is 36.6. The Morgan fingerprint density at radius 2 is 1.85 bits per heavy atom. The Morgan fingerprint density at radius 1 is 1.15 bits per heavy atom. The van der Waals surface area contributed by atoms with Crippen molar-refractivity contribution in [3.05, 3.63) is 52.6 Å². The highest BCUT2D eigenvalue weighted by atomic mass is 16.5. The second-order valence-electron chi connectivity index (χ2n) is 6.24. The average molecular weight is 369 g/mol. The van der Waals surface area contributed by atoms with Gasteiger partial charge in [0.05, 0.1) is 11.6 Å². The van der Waals surface area contributed by atoms with Gasteiger partial charge in [-0.1, -0.05) is 18.2 Å². The van der Waals surface area contributed by atoms with Gasteiger partial charge in [-0.15, -0.1) is 0 Å². The molecule has 0 unspecified atom stereocenters. The highest BCUT2D eigenvalue weighted by Crippen LogP contribution is 2.16. The van der Waals surface area contributed by atoms with Gasteiger partial charge in [-0.3, -0.25) is 9.59 Å². The van der Waals surface area contributed by atoms with E-state index in [0.717, 1.165) is 0 Å². The molecule has 3 aromatic rings. The molecule has 1 amide bonds. The number of anilines is 1. The van der Waals surface area contributed by atoms with Crippen LogP contribution in [0.25, 0.3) is 10.8 Å². The first-order valence-electron chi connectivity index (χ1n) is 8.41. The number of amides is 1. The standard InChI is InChI=1S/C18H19N5O4/c1-10(2)23-14(8-9-19-23)20-16(24)11(3)27-18(26)15-12-6-4-5-7-13(12)17(25)22-21-15/h4-11H,1-3H3,(H,20,24)(H,22,25)/t11-/m1/s1. The van der Waals surface area contributed by atoms with Crippen molar-refractivity contribution in [2.24, 2.45) is 0 Å². The summed E-state index contributed by atoms with van der Waals surface area (Å²) in [7, 11) is 0. The van der Waals surface area contributed by atoms with E-state index in [-0.39, 0.29) is 11.7 Å². The number of carbonyl (C=O) groups is 2. The Kier molecular flexibility index (Phi) is 5.02. The van der Waals surface area contributed by atoms with Gasteiger partial charge in [0.25, 0.3) is 11.5 Å². The maximum Gasteiger partial charge on any atom is 0.360 e. The summed E-state index contributed by atoms with van der Waals surface area (Å²) in [6, 6.07) is 8.26. The van der Waals surface area contributed by atoms with Gasteiger partial charge in [-0.05, 0) is 26.8 Å². The van der Waals surface area contributed by atoms with Crippen LogP contribution in [0.3, 0.4) is 0 Å². The zero-order chi connectivity index (χ0) is 19.6. The molecule has 3 rings (SSSR count). The van der Waals surface area contributed by atoms with E-state index in [0.29, 0.717) is 16.6 Å². The molecule has 0 aliphatic carbocycles. The molecule has 1 aromatic carbocycles. The number of esters is 1. The van der Waals surface area contributed by atoms with Crippen molar-refractivity contribution in [1.29, 1.82) is 0 Å². The van der Waals surface area contributed by atoms with Crippen LogP contribution < -0.4 is 10.9 Å².